The first kappa shape index (κ1) is 16.2. The van der Waals surface area contributed by atoms with E-state index in [0.29, 0.717) is 24.5 Å². The van der Waals surface area contributed by atoms with E-state index in [1.54, 1.807) is 17.0 Å². The molecule has 25 heavy (non-hydrogen) atoms. The van der Waals surface area contributed by atoms with Crippen LogP contribution in [0.2, 0.25) is 0 Å². The third kappa shape index (κ3) is 3.42. The molecule has 132 valence electrons. The normalized spacial score (nSPS) is 21.6. The Morgan fingerprint density at radius 2 is 2.04 bits per heavy atom. The molecular formula is C18H20FN3O3. The molecule has 0 N–H and O–H groups in total. The molecule has 2 aliphatic heterocycles. The first-order valence-electron chi connectivity index (χ1n) is 8.67. The van der Waals surface area contributed by atoms with Gasteiger partial charge in [0, 0.05) is 37.8 Å². The Kier molecular flexibility index (Phi) is 4.48. The van der Waals surface area contributed by atoms with Gasteiger partial charge in [-0.25, -0.2) is 4.39 Å². The highest BCUT2D eigenvalue weighted by Crippen LogP contribution is 2.30. The fourth-order valence-corrected chi connectivity index (χ4v) is 3.49. The topological polar surface area (TPSA) is 68.5 Å². The van der Waals surface area contributed by atoms with Crippen molar-refractivity contribution in [1.29, 1.82) is 0 Å². The van der Waals surface area contributed by atoms with E-state index in [0.717, 1.165) is 38.3 Å². The number of carbonyl (C=O) groups excluding carboxylic acids is 1. The number of aromatic nitrogens is 2. The summed E-state index contributed by atoms with van der Waals surface area (Å²) in [6.07, 6.45) is 2.60. The van der Waals surface area contributed by atoms with Gasteiger partial charge in [0.05, 0.1) is 5.92 Å². The Balaban J connectivity index is 1.42. The molecule has 0 aliphatic carbocycles. The summed E-state index contributed by atoms with van der Waals surface area (Å²) in [4.78, 5) is 18.8. The summed E-state index contributed by atoms with van der Waals surface area (Å²) >= 11 is 0. The summed E-state index contributed by atoms with van der Waals surface area (Å²) in [7, 11) is 0. The van der Waals surface area contributed by atoms with Crippen molar-refractivity contribution in [3.63, 3.8) is 0 Å². The van der Waals surface area contributed by atoms with E-state index in [1.807, 2.05) is 0 Å². The smallest absolute Gasteiger partial charge is 0.253 e. The van der Waals surface area contributed by atoms with Gasteiger partial charge in [0.2, 0.25) is 5.89 Å². The second-order valence-electron chi connectivity index (χ2n) is 6.62. The average Bonchev–Trinajstić information content (AvgIpc) is 3.31. The van der Waals surface area contributed by atoms with Gasteiger partial charge in [0.25, 0.3) is 5.91 Å². The molecule has 0 bridgehead atoms. The van der Waals surface area contributed by atoms with E-state index in [1.165, 1.54) is 12.1 Å². The van der Waals surface area contributed by atoms with Gasteiger partial charge in [0.1, 0.15) is 5.82 Å². The molecule has 7 heteroatoms. The maximum atomic E-state index is 13.3. The van der Waals surface area contributed by atoms with E-state index < -0.39 is 5.82 Å². The highest BCUT2D eigenvalue weighted by Gasteiger charge is 2.32. The minimum absolute atomic E-state index is 0.0404. The number of amides is 1. The van der Waals surface area contributed by atoms with Crippen LogP contribution in [0.1, 0.15) is 53.2 Å². The summed E-state index contributed by atoms with van der Waals surface area (Å²) in [5.41, 5.74) is 0.370. The Bertz CT molecular complexity index is 758. The van der Waals surface area contributed by atoms with Crippen molar-refractivity contribution >= 4 is 5.91 Å². The number of likely N-dealkylation sites (tertiary alicyclic amines) is 1. The van der Waals surface area contributed by atoms with Gasteiger partial charge in [-0.1, -0.05) is 11.2 Å². The predicted octanol–water partition coefficient (Wildman–Crippen LogP) is 2.73. The SMILES string of the molecule is O=C(c1cccc(F)c1)N1CCC(c2nc(C3CCOCC3)no2)C1. The summed E-state index contributed by atoms with van der Waals surface area (Å²) in [5.74, 6) is 1.10. The third-order valence-corrected chi connectivity index (χ3v) is 4.94. The zero-order valence-corrected chi connectivity index (χ0v) is 13.9. The van der Waals surface area contributed by atoms with Crippen molar-refractivity contribution in [3.05, 3.63) is 47.4 Å². The van der Waals surface area contributed by atoms with Crippen molar-refractivity contribution in [2.75, 3.05) is 26.3 Å². The third-order valence-electron chi connectivity index (χ3n) is 4.94. The van der Waals surface area contributed by atoms with Crippen LogP contribution < -0.4 is 0 Å². The van der Waals surface area contributed by atoms with Gasteiger partial charge in [-0.2, -0.15) is 4.98 Å². The van der Waals surface area contributed by atoms with Crippen LogP contribution >= 0.6 is 0 Å². The average molecular weight is 345 g/mol. The lowest BCUT2D eigenvalue weighted by Gasteiger charge is -2.18. The van der Waals surface area contributed by atoms with E-state index in [9.17, 15) is 9.18 Å². The summed E-state index contributed by atoms with van der Waals surface area (Å²) in [6.45, 7) is 2.58. The van der Waals surface area contributed by atoms with Crippen LogP contribution in [0.15, 0.2) is 28.8 Å². The molecule has 0 radical (unpaired) electrons. The highest BCUT2D eigenvalue weighted by molar-refractivity contribution is 5.94. The van der Waals surface area contributed by atoms with Crippen LogP contribution in [-0.4, -0.2) is 47.3 Å². The monoisotopic (exact) mass is 345 g/mol. The van der Waals surface area contributed by atoms with Crippen LogP contribution in [0.5, 0.6) is 0 Å². The van der Waals surface area contributed by atoms with Crippen molar-refractivity contribution < 1.29 is 18.4 Å². The Labute approximate surface area is 145 Å². The van der Waals surface area contributed by atoms with Crippen molar-refractivity contribution in [2.24, 2.45) is 0 Å². The molecule has 2 aliphatic rings. The molecule has 1 amide bonds. The van der Waals surface area contributed by atoms with Crippen molar-refractivity contribution in [1.82, 2.24) is 15.0 Å². The minimum Gasteiger partial charge on any atom is -0.381 e. The van der Waals surface area contributed by atoms with Gasteiger partial charge < -0.3 is 14.2 Å². The van der Waals surface area contributed by atoms with Gasteiger partial charge in [-0.15, -0.1) is 0 Å². The van der Waals surface area contributed by atoms with Crippen LogP contribution in [0.25, 0.3) is 0 Å². The largest absolute Gasteiger partial charge is 0.381 e. The second-order valence-corrected chi connectivity index (χ2v) is 6.62. The lowest BCUT2D eigenvalue weighted by Crippen LogP contribution is -2.28. The molecule has 4 rings (SSSR count). The van der Waals surface area contributed by atoms with Crippen LogP contribution in [0, 0.1) is 5.82 Å². The molecule has 2 saturated heterocycles. The Morgan fingerprint density at radius 1 is 1.20 bits per heavy atom. The van der Waals surface area contributed by atoms with Crippen LogP contribution in [-0.2, 0) is 4.74 Å². The molecule has 1 atom stereocenters. The fourth-order valence-electron chi connectivity index (χ4n) is 3.49. The minimum atomic E-state index is -0.403. The van der Waals surface area contributed by atoms with Crippen molar-refractivity contribution in [2.45, 2.75) is 31.1 Å². The lowest BCUT2D eigenvalue weighted by molar-refractivity contribution is 0.0789. The molecular weight excluding hydrogens is 325 g/mol. The van der Waals surface area contributed by atoms with Crippen LogP contribution in [0.4, 0.5) is 4.39 Å². The van der Waals surface area contributed by atoms with Gasteiger partial charge in [-0.05, 0) is 37.5 Å². The van der Waals surface area contributed by atoms with Gasteiger partial charge >= 0.3 is 0 Å². The lowest BCUT2D eigenvalue weighted by atomic mass is 10.00. The number of nitrogens with zero attached hydrogens (tertiary/aromatic N) is 3. The van der Waals surface area contributed by atoms with Gasteiger partial charge in [-0.3, -0.25) is 4.79 Å². The molecule has 0 saturated carbocycles. The quantitative estimate of drug-likeness (QED) is 0.856. The zero-order valence-electron chi connectivity index (χ0n) is 13.9. The number of hydrogen-bond acceptors (Lipinski definition) is 5. The predicted molar refractivity (Wildman–Crippen MR) is 86.8 cm³/mol. The molecule has 2 aromatic rings. The summed E-state index contributed by atoms with van der Waals surface area (Å²) < 4.78 is 24.1. The molecule has 2 fully saturated rings. The fraction of sp³-hybridized carbons (Fsp3) is 0.500. The van der Waals surface area contributed by atoms with Crippen molar-refractivity contribution in [3.8, 4) is 0 Å². The van der Waals surface area contributed by atoms with E-state index >= 15 is 0 Å². The number of rotatable bonds is 3. The number of halogens is 1. The summed E-state index contributed by atoms with van der Waals surface area (Å²) in [5, 5.41) is 4.13. The number of ether oxygens (including phenoxy) is 1. The first-order chi connectivity index (χ1) is 12.2. The zero-order chi connectivity index (χ0) is 17.2. The first-order valence-corrected chi connectivity index (χ1v) is 8.67. The van der Waals surface area contributed by atoms with Gasteiger partial charge in [0.15, 0.2) is 5.82 Å². The molecule has 0 spiro atoms. The molecule has 1 aromatic carbocycles. The Morgan fingerprint density at radius 3 is 2.84 bits per heavy atom. The summed E-state index contributed by atoms with van der Waals surface area (Å²) in [6, 6.07) is 5.79. The van der Waals surface area contributed by atoms with E-state index in [2.05, 4.69) is 10.1 Å². The molecule has 1 aromatic heterocycles. The van der Waals surface area contributed by atoms with E-state index in [4.69, 9.17) is 9.26 Å². The second kappa shape index (κ2) is 6.92. The highest BCUT2D eigenvalue weighted by atomic mass is 19.1. The van der Waals surface area contributed by atoms with E-state index in [-0.39, 0.29) is 17.7 Å². The standard InChI is InChI=1S/C18H20FN3O3/c19-15-3-1-2-13(10-15)18(23)22-7-4-14(11-22)17-20-16(21-25-17)12-5-8-24-9-6-12/h1-3,10,12,14H,4-9,11H2. The number of carbonyl (C=O) groups is 1. The molecule has 1 unspecified atom stereocenters. The molecule has 6 nitrogen and oxygen atoms in total. The Hall–Kier alpha value is -2.28. The molecule has 3 heterocycles. The number of hydrogen-bond donors (Lipinski definition) is 0. The number of benzene rings is 1. The maximum absolute atomic E-state index is 13.3. The maximum Gasteiger partial charge on any atom is 0.253 e. The van der Waals surface area contributed by atoms with Crippen LogP contribution in [0.3, 0.4) is 0 Å².